The van der Waals surface area contributed by atoms with E-state index in [4.69, 9.17) is 5.10 Å². The molecule has 1 aromatic rings. The monoisotopic (exact) mass is 305 g/mol. The van der Waals surface area contributed by atoms with Crippen LogP contribution < -0.4 is 0 Å². The van der Waals surface area contributed by atoms with Crippen LogP contribution in [0.25, 0.3) is 0 Å². The number of piperidine rings is 1. The molecule has 1 aromatic heterocycles. The van der Waals surface area contributed by atoms with Gasteiger partial charge in [0.25, 0.3) is 0 Å². The normalized spacial score (nSPS) is 19.1. The van der Waals surface area contributed by atoms with Gasteiger partial charge in [0.2, 0.25) is 0 Å². The molecule has 3 heteroatoms. The van der Waals surface area contributed by atoms with E-state index in [9.17, 15) is 0 Å². The van der Waals surface area contributed by atoms with Crippen molar-refractivity contribution in [2.24, 2.45) is 0 Å². The van der Waals surface area contributed by atoms with Gasteiger partial charge < -0.3 is 4.90 Å². The van der Waals surface area contributed by atoms with Crippen molar-refractivity contribution in [2.75, 3.05) is 13.1 Å². The zero-order valence-corrected chi connectivity index (χ0v) is 15.9. The zero-order valence-electron chi connectivity index (χ0n) is 15.9. The van der Waals surface area contributed by atoms with Crippen molar-refractivity contribution < 1.29 is 0 Å². The summed E-state index contributed by atoms with van der Waals surface area (Å²) in [4.78, 5) is 2.58. The average molecular weight is 306 g/mol. The van der Waals surface area contributed by atoms with Gasteiger partial charge in [-0.25, -0.2) is 0 Å². The number of nitrogens with zero attached hydrogens (tertiary/aromatic N) is 3. The summed E-state index contributed by atoms with van der Waals surface area (Å²) in [5, 5.41) is 5.04. The molecular weight excluding hydrogens is 270 g/mol. The second kappa shape index (κ2) is 5.99. The zero-order chi connectivity index (χ0) is 16.7. The molecule has 0 radical (unpaired) electrons. The Morgan fingerprint density at radius 1 is 1.00 bits per heavy atom. The molecule has 0 spiro atoms. The summed E-state index contributed by atoms with van der Waals surface area (Å²) in [5.41, 5.74) is 2.93. The lowest BCUT2D eigenvalue weighted by molar-refractivity contribution is 0.146. The first kappa shape index (κ1) is 17.5. The Morgan fingerprint density at radius 3 is 1.91 bits per heavy atom. The summed E-state index contributed by atoms with van der Waals surface area (Å²) in [6, 6.07) is 1.22. The number of hydrogen-bond acceptors (Lipinski definition) is 2. The maximum absolute atomic E-state index is 5.04. The van der Waals surface area contributed by atoms with E-state index in [1.807, 2.05) is 0 Å². The highest BCUT2D eigenvalue weighted by Crippen LogP contribution is 2.35. The summed E-state index contributed by atoms with van der Waals surface area (Å²) in [5.74, 6) is 0. The minimum absolute atomic E-state index is 0.104. The molecule has 0 aromatic carbocycles. The Balaban J connectivity index is 2.25. The van der Waals surface area contributed by atoms with Gasteiger partial charge in [-0.3, -0.25) is 4.68 Å². The highest BCUT2D eigenvalue weighted by molar-refractivity contribution is 5.30. The van der Waals surface area contributed by atoms with Crippen LogP contribution in [0.2, 0.25) is 0 Å². The van der Waals surface area contributed by atoms with Gasteiger partial charge >= 0.3 is 0 Å². The first-order chi connectivity index (χ1) is 10.00. The van der Waals surface area contributed by atoms with Gasteiger partial charge in [-0.15, -0.1) is 0 Å². The van der Waals surface area contributed by atoms with Crippen LogP contribution in [0.15, 0.2) is 6.20 Å². The lowest BCUT2D eigenvalue weighted by atomic mass is 9.80. The highest BCUT2D eigenvalue weighted by Gasteiger charge is 2.31. The maximum atomic E-state index is 5.04. The molecule has 0 bridgehead atoms. The minimum atomic E-state index is 0.104. The summed E-state index contributed by atoms with van der Waals surface area (Å²) in [6.07, 6.45) is 4.76. The van der Waals surface area contributed by atoms with Crippen molar-refractivity contribution in [1.29, 1.82) is 0 Å². The predicted molar refractivity (Wildman–Crippen MR) is 94.6 cm³/mol. The van der Waals surface area contributed by atoms with Crippen LogP contribution in [-0.2, 0) is 10.8 Å². The van der Waals surface area contributed by atoms with Gasteiger partial charge in [0.15, 0.2) is 0 Å². The molecule has 0 amide bonds. The summed E-state index contributed by atoms with van der Waals surface area (Å²) in [6.45, 7) is 20.7. The van der Waals surface area contributed by atoms with Crippen LogP contribution in [0, 0.1) is 0 Å². The molecule has 0 saturated carbocycles. The van der Waals surface area contributed by atoms with E-state index < -0.39 is 0 Å². The number of rotatable bonds is 2. The molecule has 126 valence electrons. The third-order valence-electron chi connectivity index (χ3n) is 4.85. The molecule has 0 atom stereocenters. The van der Waals surface area contributed by atoms with Crippen molar-refractivity contribution in [2.45, 2.75) is 91.1 Å². The number of aromatic nitrogens is 2. The molecule has 0 unspecified atom stereocenters. The van der Waals surface area contributed by atoms with E-state index in [1.165, 1.54) is 37.2 Å². The van der Waals surface area contributed by atoms with E-state index in [-0.39, 0.29) is 10.8 Å². The summed E-state index contributed by atoms with van der Waals surface area (Å²) >= 11 is 0. The molecule has 22 heavy (non-hydrogen) atoms. The average Bonchev–Trinajstić information content (AvgIpc) is 2.83. The molecule has 1 aliphatic rings. The fourth-order valence-corrected chi connectivity index (χ4v) is 3.35. The Morgan fingerprint density at radius 2 is 1.55 bits per heavy atom. The van der Waals surface area contributed by atoms with Gasteiger partial charge in [0, 0.05) is 30.7 Å². The molecular formula is C19H35N3. The van der Waals surface area contributed by atoms with Gasteiger partial charge in [-0.1, -0.05) is 41.5 Å². The Bertz CT molecular complexity index is 460. The highest BCUT2D eigenvalue weighted by atomic mass is 15.3. The van der Waals surface area contributed by atoms with Crippen molar-refractivity contribution in [3.05, 3.63) is 17.5 Å². The van der Waals surface area contributed by atoms with Crippen LogP contribution >= 0.6 is 0 Å². The van der Waals surface area contributed by atoms with Crippen molar-refractivity contribution in [3.8, 4) is 0 Å². The first-order valence-electron chi connectivity index (χ1n) is 8.84. The van der Waals surface area contributed by atoms with Crippen LogP contribution in [0.5, 0.6) is 0 Å². The predicted octanol–water partition coefficient (Wildman–Crippen LogP) is 4.52. The van der Waals surface area contributed by atoms with Gasteiger partial charge in [0.05, 0.1) is 11.7 Å². The van der Waals surface area contributed by atoms with Crippen LogP contribution in [0.1, 0.15) is 85.5 Å². The topological polar surface area (TPSA) is 21.1 Å². The second-order valence-electron chi connectivity index (χ2n) is 9.23. The van der Waals surface area contributed by atoms with E-state index in [2.05, 4.69) is 71.2 Å². The molecule has 2 heterocycles. The molecule has 1 aliphatic heterocycles. The third-order valence-corrected chi connectivity index (χ3v) is 4.85. The number of hydrogen-bond donors (Lipinski definition) is 0. The molecule has 1 saturated heterocycles. The van der Waals surface area contributed by atoms with Crippen LogP contribution in [-0.4, -0.2) is 33.8 Å². The van der Waals surface area contributed by atoms with E-state index in [0.29, 0.717) is 12.1 Å². The van der Waals surface area contributed by atoms with Crippen LogP contribution in [0.3, 0.4) is 0 Å². The summed E-state index contributed by atoms with van der Waals surface area (Å²) < 4.78 is 2.28. The van der Waals surface area contributed by atoms with E-state index in [1.54, 1.807) is 0 Å². The fraction of sp³-hybridized carbons (Fsp3) is 0.842. The van der Waals surface area contributed by atoms with Gasteiger partial charge in [0.1, 0.15) is 0 Å². The lowest BCUT2D eigenvalue weighted by Crippen LogP contribution is -2.39. The lowest BCUT2D eigenvalue weighted by Gasteiger charge is -2.34. The van der Waals surface area contributed by atoms with Crippen LogP contribution in [0.4, 0.5) is 0 Å². The summed E-state index contributed by atoms with van der Waals surface area (Å²) in [7, 11) is 0. The smallest absolute Gasteiger partial charge is 0.0715 e. The minimum Gasteiger partial charge on any atom is -0.301 e. The Hall–Kier alpha value is -0.830. The maximum Gasteiger partial charge on any atom is 0.0715 e. The van der Waals surface area contributed by atoms with Crippen molar-refractivity contribution in [1.82, 2.24) is 14.7 Å². The Labute approximate surface area is 137 Å². The molecule has 1 fully saturated rings. The van der Waals surface area contributed by atoms with E-state index >= 15 is 0 Å². The van der Waals surface area contributed by atoms with Gasteiger partial charge in [-0.2, -0.15) is 5.10 Å². The molecule has 2 rings (SSSR count). The third kappa shape index (κ3) is 3.73. The second-order valence-corrected chi connectivity index (χ2v) is 9.23. The Kier molecular flexibility index (Phi) is 4.77. The standard InChI is InChI=1S/C19H35N3/c1-14(2)21-11-9-15(10-12-21)22-13-16(18(3,4)5)17(20-22)19(6,7)8/h13-15H,9-12H2,1-8H3. The fourth-order valence-electron chi connectivity index (χ4n) is 3.35. The molecule has 0 N–H and O–H groups in total. The van der Waals surface area contributed by atoms with Gasteiger partial charge in [-0.05, 0) is 37.7 Å². The largest absolute Gasteiger partial charge is 0.301 e. The first-order valence-corrected chi connectivity index (χ1v) is 8.84. The van der Waals surface area contributed by atoms with E-state index in [0.717, 1.165) is 0 Å². The SMILES string of the molecule is CC(C)N1CCC(n2cc(C(C)(C)C)c(C(C)(C)C)n2)CC1. The van der Waals surface area contributed by atoms with Crippen molar-refractivity contribution >= 4 is 0 Å². The van der Waals surface area contributed by atoms with Crippen molar-refractivity contribution in [3.63, 3.8) is 0 Å². The molecule has 0 aliphatic carbocycles. The number of likely N-dealkylation sites (tertiary alicyclic amines) is 1. The molecule has 3 nitrogen and oxygen atoms in total. The quantitative estimate of drug-likeness (QED) is 0.801.